The average molecular weight is 177 g/mol. The molecule has 0 aromatic heterocycles. The minimum absolute atomic E-state index is 0.263. The van der Waals surface area contributed by atoms with Gasteiger partial charge in [-0.3, -0.25) is 0 Å². The van der Waals surface area contributed by atoms with Gasteiger partial charge in [0.25, 0.3) is 0 Å². The molecule has 3 N–H and O–H groups in total. The molecule has 5 heteroatoms. The molecule has 0 radical (unpaired) electrons. The van der Waals surface area contributed by atoms with Crippen LogP contribution < -0.4 is 5.32 Å². The molecule has 0 fully saturated rings. The van der Waals surface area contributed by atoms with E-state index in [4.69, 9.17) is 10.2 Å². The van der Waals surface area contributed by atoms with Crippen molar-refractivity contribution >= 4 is 6.09 Å². The molecule has 0 aromatic carbocycles. The average Bonchev–Trinajstić information content (AvgIpc) is 2.05. The lowest BCUT2D eigenvalue weighted by Gasteiger charge is -2.25. The van der Waals surface area contributed by atoms with Crippen molar-refractivity contribution in [1.82, 2.24) is 5.32 Å². The van der Waals surface area contributed by atoms with Crippen molar-refractivity contribution in [2.24, 2.45) is 0 Å². The molecule has 0 aliphatic heterocycles. The summed E-state index contributed by atoms with van der Waals surface area (Å²) in [5.41, 5.74) is -1.01. The Morgan fingerprint density at radius 2 is 2.00 bits per heavy atom. The zero-order chi connectivity index (χ0) is 9.61. The van der Waals surface area contributed by atoms with E-state index in [1.807, 2.05) is 0 Å². The molecule has 1 amide bonds. The third-order valence-electron chi connectivity index (χ3n) is 1.38. The van der Waals surface area contributed by atoms with E-state index in [1.54, 1.807) is 6.92 Å². The number of nitrogens with one attached hydrogen (secondary N) is 1. The van der Waals surface area contributed by atoms with Crippen molar-refractivity contribution in [2.45, 2.75) is 19.4 Å². The smallest absolute Gasteiger partial charge is 0.407 e. The van der Waals surface area contributed by atoms with Crippen LogP contribution in [0.15, 0.2) is 0 Å². The van der Waals surface area contributed by atoms with Crippen molar-refractivity contribution in [3.05, 3.63) is 0 Å². The number of carbonyl (C=O) groups excluding carboxylic acids is 1. The lowest BCUT2D eigenvalue weighted by Crippen LogP contribution is -2.51. The summed E-state index contributed by atoms with van der Waals surface area (Å²) >= 11 is 0. The highest BCUT2D eigenvalue weighted by molar-refractivity contribution is 5.68. The molecule has 0 atom stereocenters. The Bertz CT molecular complexity index is 144. The van der Waals surface area contributed by atoms with Gasteiger partial charge in [-0.25, -0.2) is 4.79 Å². The van der Waals surface area contributed by atoms with Crippen molar-refractivity contribution in [3.8, 4) is 0 Å². The Hall–Kier alpha value is -0.810. The number of ether oxygens (including phenoxy) is 1. The normalized spacial score (nSPS) is 11.0. The van der Waals surface area contributed by atoms with Crippen LogP contribution in [0.5, 0.6) is 0 Å². The van der Waals surface area contributed by atoms with Crippen LogP contribution >= 0.6 is 0 Å². The third kappa shape index (κ3) is 3.54. The topological polar surface area (TPSA) is 78.8 Å². The Morgan fingerprint density at radius 3 is 2.33 bits per heavy atom. The number of hydrogen-bond donors (Lipinski definition) is 3. The van der Waals surface area contributed by atoms with Crippen LogP contribution in [0.4, 0.5) is 4.79 Å². The van der Waals surface area contributed by atoms with E-state index in [2.05, 4.69) is 10.1 Å². The maximum Gasteiger partial charge on any atom is 0.407 e. The molecule has 0 bridgehead atoms. The highest BCUT2D eigenvalue weighted by atomic mass is 16.5. The number of carbonyl (C=O) groups is 1. The van der Waals surface area contributed by atoms with Crippen LogP contribution in [0.1, 0.15) is 13.8 Å². The van der Waals surface area contributed by atoms with Gasteiger partial charge >= 0.3 is 6.09 Å². The lowest BCUT2D eigenvalue weighted by atomic mass is 10.1. The molecule has 0 rings (SSSR count). The van der Waals surface area contributed by atoms with E-state index in [-0.39, 0.29) is 19.8 Å². The van der Waals surface area contributed by atoms with Gasteiger partial charge in [0.2, 0.25) is 0 Å². The first-order chi connectivity index (χ1) is 5.58. The van der Waals surface area contributed by atoms with Gasteiger partial charge in [0.1, 0.15) is 0 Å². The van der Waals surface area contributed by atoms with Gasteiger partial charge in [-0.15, -0.1) is 0 Å². The maximum atomic E-state index is 10.8. The summed E-state index contributed by atoms with van der Waals surface area (Å²) < 4.78 is 4.57. The molecule has 0 spiro atoms. The van der Waals surface area contributed by atoms with Crippen molar-refractivity contribution in [2.75, 3.05) is 19.8 Å². The minimum atomic E-state index is -1.01. The van der Waals surface area contributed by atoms with Crippen LogP contribution in [0.3, 0.4) is 0 Å². The fraction of sp³-hybridized carbons (Fsp3) is 0.857. The molecule has 0 aliphatic rings. The zero-order valence-corrected chi connectivity index (χ0v) is 7.33. The molecular weight excluding hydrogens is 162 g/mol. The van der Waals surface area contributed by atoms with Gasteiger partial charge in [-0.05, 0) is 13.8 Å². The van der Waals surface area contributed by atoms with Gasteiger partial charge in [0, 0.05) is 0 Å². The largest absolute Gasteiger partial charge is 0.450 e. The predicted octanol–water partition coefficient (Wildman–Crippen LogP) is -0.524. The monoisotopic (exact) mass is 177 g/mol. The quantitative estimate of drug-likeness (QED) is 0.539. The van der Waals surface area contributed by atoms with E-state index in [0.29, 0.717) is 0 Å². The fourth-order valence-electron chi connectivity index (χ4n) is 0.543. The van der Waals surface area contributed by atoms with Crippen LogP contribution in [-0.4, -0.2) is 41.7 Å². The second-order valence-corrected chi connectivity index (χ2v) is 2.72. The van der Waals surface area contributed by atoms with E-state index in [9.17, 15) is 4.79 Å². The highest BCUT2D eigenvalue weighted by Gasteiger charge is 2.24. The van der Waals surface area contributed by atoms with Crippen LogP contribution in [0, 0.1) is 0 Å². The summed E-state index contributed by atoms with van der Waals surface area (Å²) in [6.45, 7) is 2.79. The number of aliphatic hydroxyl groups excluding tert-OH is 2. The zero-order valence-electron chi connectivity index (χ0n) is 7.33. The second-order valence-electron chi connectivity index (χ2n) is 2.72. The van der Waals surface area contributed by atoms with Gasteiger partial charge in [0.15, 0.2) is 0 Å². The third-order valence-corrected chi connectivity index (χ3v) is 1.38. The van der Waals surface area contributed by atoms with Crippen molar-refractivity contribution in [3.63, 3.8) is 0 Å². The second kappa shape index (κ2) is 4.95. The first-order valence-electron chi connectivity index (χ1n) is 3.74. The first-order valence-corrected chi connectivity index (χ1v) is 3.74. The summed E-state index contributed by atoms with van der Waals surface area (Å²) in [4.78, 5) is 10.8. The molecule has 5 nitrogen and oxygen atoms in total. The van der Waals surface area contributed by atoms with Crippen molar-refractivity contribution in [1.29, 1.82) is 0 Å². The summed E-state index contributed by atoms with van der Waals surface area (Å²) in [5, 5.41) is 19.9. The molecule has 0 saturated heterocycles. The molecule has 0 unspecified atom stereocenters. The fourth-order valence-corrected chi connectivity index (χ4v) is 0.543. The van der Waals surface area contributed by atoms with Crippen LogP contribution in [0.25, 0.3) is 0 Å². The molecule has 0 aromatic rings. The Kier molecular flexibility index (Phi) is 4.61. The number of rotatable bonds is 4. The van der Waals surface area contributed by atoms with E-state index >= 15 is 0 Å². The Labute approximate surface area is 71.3 Å². The standard InChI is InChI=1S/C7H15NO4/c1-3-12-6(11)8-7(2,4-9)5-10/h9-10H,3-5H2,1-2H3,(H,8,11). The number of alkyl carbamates (subject to hydrolysis) is 1. The first kappa shape index (κ1) is 11.2. The SMILES string of the molecule is CCOC(=O)NC(C)(CO)CO. The Morgan fingerprint density at radius 1 is 1.50 bits per heavy atom. The molecular formula is C7H15NO4. The van der Waals surface area contributed by atoms with E-state index in [0.717, 1.165) is 0 Å². The molecule has 0 heterocycles. The van der Waals surface area contributed by atoms with Crippen molar-refractivity contribution < 1.29 is 19.7 Å². The molecule has 12 heavy (non-hydrogen) atoms. The summed E-state index contributed by atoms with van der Waals surface area (Å²) in [7, 11) is 0. The minimum Gasteiger partial charge on any atom is -0.450 e. The maximum absolute atomic E-state index is 10.8. The molecule has 0 aliphatic carbocycles. The lowest BCUT2D eigenvalue weighted by molar-refractivity contribution is 0.0861. The molecule has 72 valence electrons. The van der Waals surface area contributed by atoms with Gasteiger partial charge in [-0.2, -0.15) is 0 Å². The van der Waals surface area contributed by atoms with E-state index < -0.39 is 11.6 Å². The van der Waals surface area contributed by atoms with Crippen LogP contribution in [0.2, 0.25) is 0 Å². The van der Waals surface area contributed by atoms with Crippen LogP contribution in [-0.2, 0) is 4.74 Å². The Balaban J connectivity index is 3.93. The van der Waals surface area contributed by atoms with Gasteiger partial charge < -0.3 is 20.3 Å². The van der Waals surface area contributed by atoms with Gasteiger partial charge in [0.05, 0.1) is 25.4 Å². The van der Waals surface area contributed by atoms with Gasteiger partial charge in [-0.1, -0.05) is 0 Å². The predicted molar refractivity (Wildman–Crippen MR) is 42.7 cm³/mol. The highest BCUT2D eigenvalue weighted by Crippen LogP contribution is 2.00. The summed E-state index contributed by atoms with van der Waals surface area (Å²) in [5.74, 6) is 0. The van der Waals surface area contributed by atoms with E-state index in [1.165, 1.54) is 6.92 Å². The number of hydrogen-bond acceptors (Lipinski definition) is 4. The number of aliphatic hydroxyl groups is 2. The molecule has 0 saturated carbocycles. The summed E-state index contributed by atoms with van der Waals surface area (Å²) in [6, 6.07) is 0. The summed E-state index contributed by atoms with van der Waals surface area (Å²) in [6.07, 6.45) is -0.636. The number of amides is 1.